The van der Waals surface area contributed by atoms with Crippen LogP contribution >= 0.6 is 23.2 Å². The molecule has 1 heterocycles. The fourth-order valence-electron chi connectivity index (χ4n) is 4.80. The number of amides is 1. The first-order valence-electron chi connectivity index (χ1n) is 12.0. The highest BCUT2D eigenvalue weighted by Gasteiger charge is 2.48. The third-order valence-corrected chi connectivity index (χ3v) is 9.03. The molecule has 4 rings (SSSR count). The molecule has 4 atom stereocenters. The fraction of sp³-hybridized carbons (Fsp3) is 0.462. The van der Waals surface area contributed by atoms with Crippen LogP contribution in [0.4, 0.5) is 0 Å². The number of carbonyl (C=O) groups excluding carboxylic acids is 1. The second-order valence-electron chi connectivity index (χ2n) is 9.52. The van der Waals surface area contributed by atoms with Crippen LogP contribution in [-0.2, 0) is 24.2 Å². The fourth-order valence-corrected chi connectivity index (χ4v) is 7.29. The minimum Gasteiger partial charge on any atom is -0.481 e. The second-order valence-corrected chi connectivity index (χ2v) is 12.5. The standard InChI is InChI=1S/C26H29Cl2NO6S/c1-2-21(15-36(33,34)14-16-6-7-16)29-24(17-8-10-19(27)11-9-17)25(18-4-3-5-20(28)12-18)35-22(26(29)32)13-23(30)31/h3-5,8-12,16,21-22,24-25H,2,6-7,13-15H2,1H3,(H,30,31)/t21-,22-,24+,25+/m0/s1. The van der Waals surface area contributed by atoms with Gasteiger partial charge in [-0.25, -0.2) is 8.42 Å². The first kappa shape index (κ1) is 26.9. The van der Waals surface area contributed by atoms with Gasteiger partial charge in [0.2, 0.25) is 0 Å². The monoisotopic (exact) mass is 553 g/mol. The van der Waals surface area contributed by atoms with E-state index in [0.717, 1.165) is 12.8 Å². The SMILES string of the molecule is CC[C@@H](CS(=O)(=O)CC1CC1)N1C(=O)[C@H](CC(=O)O)O[C@H](c2cccc(Cl)c2)[C@H]1c1ccc(Cl)cc1. The summed E-state index contributed by atoms with van der Waals surface area (Å²) >= 11 is 12.4. The summed E-state index contributed by atoms with van der Waals surface area (Å²) in [7, 11) is -3.44. The van der Waals surface area contributed by atoms with Crippen LogP contribution in [-0.4, -0.2) is 54.0 Å². The molecule has 1 saturated carbocycles. The minimum atomic E-state index is -3.44. The number of aliphatic carboxylic acids is 1. The van der Waals surface area contributed by atoms with Crippen LogP contribution < -0.4 is 0 Å². The van der Waals surface area contributed by atoms with Crippen LogP contribution in [0.1, 0.15) is 55.9 Å². The number of carboxylic acid groups (broad SMARTS) is 1. The van der Waals surface area contributed by atoms with Crippen LogP contribution in [0, 0.1) is 5.92 Å². The highest BCUT2D eigenvalue weighted by atomic mass is 35.5. The minimum absolute atomic E-state index is 0.101. The van der Waals surface area contributed by atoms with Crippen molar-refractivity contribution in [1.29, 1.82) is 0 Å². The number of hydrogen-bond donors (Lipinski definition) is 1. The number of hydrogen-bond acceptors (Lipinski definition) is 5. The Bertz CT molecular complexity index is 1220. The Morgan fingerprint density at radius 2 is 1.81 bits per heavy atom. The molecule has 2 aliphatic rings. The Balaban J connectivity index is 1.82. The van der Waals surface area contributed by atoms with E-state index in [1.807, 2.05) is 6.92 Å². The number of halogens is 2. The Labute approximate surface area is 221 Å². The van der Waals surface area contributed by atoms with E-state index >= 15 is 0 Å². The van der Waals surface area contributed by atoms with Gasteiger partial charge in [-0.3, -0.25) is 9.59 Å². The molecule has 1 aliphatic carbocycles. The molecule has 2 fully saturated rings. The lowest BCUT2D eigenvalue weighted by Crippen LogP contribution is -2.56. The van der Waals surface area contributed by atoms with Gasteiger partial charge >= 0.3 is 5.97 Å². The van der Waals surface area contributed by atoms with Crippen molar-refractivity contribution in [3.63, 3.8) is 0 Å². The number of carboxylic acids is 1. The van der Waals surface area contributed by atoms with E-state index in [-0.39, 0.29) is 17.4 Å². The highest BCUT2D eigenvalue weighted by molar-refractivity contribution is 7.91. The van der Waals surface area contributed by atoms with Crippen LogP contribution in [0.3, 0.4) is 0 Å². The number of sulfone groups is 1. The van der Waals surface area contributed by atoms with Gasteiger partial charge in [-0.05, 0) is 60.6 Å². The molecule has 7 nitrogen and oxygen atoms in total. The lowest BCUT2D eigenvalue weighted by molar-refractivity contribution is -0.182. The second kappa shape index (κ2) is 11.1. The molecule has 0 unspecified atom stereocenters. The molecule has 1 aliphatic heterocycles. The van der Waals surface area contributed by atoms with Gasteiger partial charge in [0.15, 0.2) is 9.84 Å². The maximum absolute atomic E-state index is 13.8. The van der Waals surface area contributed by atoms with Crippen molar-refractivity contribution in [2.45, 2.75) is 56.9 Å². The first-order valence-corrected chi connectivity index (χ1v) is 14.6. The Morgan fingerprint density at radius 3 is 2.39 bits per heavy atom. The number of morpholine rings is 1. The summed E-state index contributed by atoms with van der Waals surface area (Å²) in [4.78, 5) is 26.9. The highest BCUT2D eigenvalue weighted by Crippen LogP contribution is 2.45. The van der Waals surface area contributed by atoms with E-state index in [0.29, 0.717) is 27.6 Å². The van der Waals surface area contributed by atoms with Gasteiger partial charge in [0.1, 0.15) is 12.2 Å². The van der Waals surface area contributed by atoms with Crippen LogP contribution in [0.15, 0.2) is 48.5 Å². The summed E-state index contributed by atoms with van der Waals surface area (Å²) in [5, 5.41) is 10.5. The van der Waals surface area contributed by atoms with Gasteiger partial charge in [-0.1, -0.05) is 54.4 Å². The van der Waals surface area contributed by atoms with Gasteiger partial charge in [-0.2, -0.15) is 0 Å². The zero-order valence-electron chi connectivity index (χ0n) is 19.8. The molecule has 2 aromatic rings. The number of benzene rings is 2. The van der Waals surface area contributed by atoms with Crippen LogP contribution in [0.5, 0.6) is 0 Å². The largest absolute Gasteiger partial charge is 0.481 e. The predicted octanol–water partition coefficient (Wildman–Crippen LogP) is 5.08. The summed E-state index contributed by atoms with van der Waals surface area (Å²) in [5.74, 6) is -1.64. The lowest BCUT2D eigenvalue weighted by Gasteiger charge is -2.48. The molecule has 0 radical (unpaired) electrons. The van der Waals surface area contributed by atoms with E-state index in [1.165, 1.54) is 4.90 Å². The van der Waals surface area contributed by atoms with Crippen molar-refractivity contribution >= 4 is 44.9 Å². The van der Waals surface area contributed by atoms with Crippen LogP contribution in [0.2, 0.25) is 10.0 Å². The topological polar surface area (TPSA) is 101 Å². The summed E-state index contributed by atoms with van der Waals surface area (Å²) < 4.78 is 32.3. The van der Waals surface area contributed by atoms with Crippen molar-refractivity contribution in [1.82, 2.24) is 4.90 Å². The maximum Gasteiger partial charge on any atom is 0.306 e. The number of ether oxygens (including phenoxy) is 1. The number of nitrogens with zero attached hydrogens (tertiary/aromatic N) is 1. The normalized spacial score (nSPS) is 23.5. The molecule has 36 heavy (non-hydrogen) atoms. The quantitative estimate of drug-likeness (QED) is 0.440. The summed E-state index contributed by atoms with van der Waals surface area (Å²) in [6, 6.07) is 12.6. The molecule has 0 aromatic heterocycles. The molecule has 1 saturated heterocycles. The van der Waals surface area contributed by atoms with Gasteiger partial charge in [0, 0.05) is 16.1 Å². The van der Waals surface area contributed by atoms with Crippen molar-refractivity contribution < 1.29 is 27.9 Å². The Kier molecular flexibility index (Phi) is 8.29. The first-order chi connectivity index (χ1) is 17.1. The molecule has 10 heteroatoms. The van der Waals surface area contributed by atoms with Gasteiger partial charge in [0.25, 0.3) is 5.91 Å². The van der Waals surface area contributed by atoms with Crippen LogP contribution in [0.25, 0.3) is 0 Å². The third-order valence-electron chi connectivity index (χ3n) is 6.67. The van der Waals surface area contributed by atoms with Gasteiger partial charge < -0.3 is 14.7 Å². The van der Waals surface area contributed by atoms with E-state index in [9.17, 15) is 23.1 Å². The van der Waals surface area contributed by atoms with Crippen molar-refractivity contribution in [3.05, 3.63) is 69.7 Å². The molecule has 194 valence electrons. The van der Waals surface area contributed by atoms with E-state index in [1.54, 1.807) is 48.5 Å². The summed E-state index contributed by atoms with van der Waals surface area (Å²) in [6.07, 6.45) is -0.399. The predicted molar refractivity (Wildman–Crippen MR) is 138 cm³/mol. The molecular formula is C26H29Cl2NO6S. The third kappa shape index (κ3) is 6.40. The maximum atomic E-state index is 13.8. The molecule has 1 N–H and O–H groups in total. The zero-order chi connectivity index (χ0) is 26.0. The van der Waals surface area contributed by atoms with Crippen molar-refractivity contribution in [2.75, 3.05) is 11.5 Å². The average molecular weight is 554 g/mol. The van der Waals surface area contributed by atoms with E-state index in [4.69, 9.17) is 27.9 Å². The smallest absolute Gasteiger partial charge is 0.306 e. The number of rotatable bonds is 10. The van der Waals surface area contributed by atoms with Gasteiger partial charge in [0.05, 0.1) is 24.0 Å². The van der Waals surface area contributed by atoms with Crippen molar-refractivity contribution in [3.8, 4) is 0 Å². The Hall–Kier alpha value is -2.13. The zero-order valence-corrected chi connectivity index (χ0v) is 22.2. The molecule has 0 bridgehead atoms. The van der Waals surface area contributed by atoms with Gasteiger partial charge in [-0.15, -0.1) is 0 Å². The molecule has 0 spiro atoms. The lowest BCUT2D eigenvalue weighted by atomic mass is 9.89. The molecule has 2 aromatic carbocycles. The van der Waals surface area contributed by atoms with E-state index < -0.39 is 52.4 Å². The molecule has 1 amide bonds. The Morgan fingerprint density at radius 1 is 1.11 bits per heavy atom. The number of carbonyl (C=O) groups is 2. The summed E-state index contributed by atoms with van der Waals surface area (Å²) in [6.45, 7) is 1.83. The van der Waals surface area contributed by atoms with E-state index in [2.05, 4.69) is 0 Å². The molecular weight excluding hydrogens is 525 g/mol. The average Bonchev–Trinajstić information content (AvgIpc) is 3.62. The summed E-state index contributed by atoms with van der Waals surface area (Å²) in [5.41, 5.74) is 1.36. The van der Waals surface area contributed by atoms with Crippen molar-refractivity contribution in [2.24, 2.45) is 5.92 Å².